The molecule has 0 radical (unpaired) electrons. The normalized spacial score (nSPS) is 14.7. The second kappa shape index (κ2) is 8.80. The number of amides is 1. The van der Waals surface area contributed by atoms with Crippen molar-refractivity contribution in [2.45, 2.75) is 20.4 Å². The summed E-state index contributed by atoms with van der Waals surface area (Å²) < 4.78 is 1.68. The number of hydrogen-bond donors (Lipinski definition) is 1. The summed E-state index contributed by atoms with van der Waals surface area (Å²) in [4.78, 5) is 19.6. The first-order chi connectivity index (χ1) is 14.1. The van der Waals surface area contributed by atoms with Crippen LogP contribution in [0.15, 0.2) is 48.8 Å². The van der Waals surface area contributed by atoms with Gasteiger partial charge >= 0.3 is 0 Å². The maximum absolute atomic E-state index is 12.8. The van der Waals surface area contributed by atoms with Crippen LogP contribution in [-0.2, 0) is 6.54 Å². The summed E-state index contributed by atoms with van der Waals surface area (Å²) in [6.45, 7) is 7.16. The van der Waals surface area contributed by atoms with Gasteiger partial charge in [0.25, 0.3) is 5.91 Å². The number of nitrogens with one attached hydrogen (secondary N) is 1. The summed E-state index contributed by atoms with van der Waals surface area (Å²) in [7, 11) is 0. The van der Waals surface area contributed by atoms with E-state index in [9.17, 15) is 4.79 Å². The third-order valence-corrected chi connectivity index (χ3v) is 6.11. The largest absolute Gasteiger partial charge is 0.322 e. The molecule has 2 aromatic heterocycles. The van der Waals surface area contributed by atoms with Crippen molar-refractivity contribution >= 4 is 23.4 Å². The Morgan fingerprint density at radius 3 is 2.72 bits per heavy atom. The van der Waals surface area contributed by atoms with Crippen molar-refractivity contribution in [3.8, 4) is 5.82 Å². The van der Waals surface area contributed by atoms with Gasteiger partial charge in [0, 0.05) is 43.0 Å². The van der Waals surface area contributed by atoms with Crippen LogP contribution in [0, 0.1) is 13.8 Å². The van der Waals surface area contributed by atoms with E-state index in [4.69, 9.17) is 0 Å². The Labute approximate surface area is 175 Å². The standard InChI is InChI=1S/C22H25N5OS/c1-16-13-18(15-26-9-11-29-12-10-26)6-7-20(16)25-22(28)19-14-24-27(17(19)2)21-5-3-4-8-23-21/h3-8,13-14H,9-12,15H2,1-2H3,(H,25,28). The van der Waals surface area contributed by atoms with E-state index in [-0.39, 0.29) is 5.91 Å². The Balaban J connectivity index is 1.46. The minimum Gasteiger partial charge on any atom is -0.322 e. The lowest BCUT2D eigenvalue weighted by Gasteiger charge is -2.26. The second-order valence-corrected chi connectivity index (χ2v) is 8.46. The molecular formula is C22H25N5OS. The molecule has 3 aromatic rings. The Morgan fingerprint density at radius 2 is 2.00 bits per heavy atom. The van der Waals surface area contributed by atoms with Crippen molar-refractivity contribution in [1.82, 2.24) is 19.7 Å². The van der Waals surface area contributed by atoms with Gasteiger partial charge in [0.05, 0.1) is 17.5 Å². The number of aromatic nitrogens is 3. The lowest BCUT2D eigenvalue weighted by Crippen LogP contribution is -2.31. The van der Waals surface area contributed by atoms with Crippen LogP contribution in [0.1, 0.15) is 27.2 Å². The number of carbonyl (C=O) groups is 1. The highest BCUT2D eigenvalue weighted by molar-refractivity contribution is 7.99. The van der Waals surface area contributed by atoms with E-state index in [1.165, 1.54) is 17.1 Å². The number of thioether (sulfide) groups is 1. The zero-order chi connectivity index (χ0) is 20.2. The van der Waals surface area contributed by atoms with E-state index in [1.807, 2.05) is 49.9 Å². The fraction of sp³-hybridized carbons (Fsp3) is 0.318. The molecule has 1 aliphatic rings. The SMILES string of the molecule is Cc1cc(CN2CCSCC2)ccc1NC(=O)c1cnn(-c2ccccn2)c1C. The molecule has 4 rings (SSSR count). The van der Waals surface area contributed by atoms with Crippen molar-refractivity contribution in [1.29, 1.82) is 0 Å². The molecule has 29 heavy (non-hydrogen) atoms. The monoisotopic (exact) mass is 407 g/mol. The molecule has 0 spiro atoms. The molecule has 0 atom stereocenters. The molecule has 0 bridgehead atoms. The van der Waals surface area contributed by atoms with Crippen LogP contribution in [-0.4, -0.2) is 50.2 Å². The van der Waals surface area contributed by atoms with Gasteiger partial charge in [-0.25, -0.2) is 9.67 Å². The molecule has 150 valence electrons. The Morgan fingerprint density at radius 1 is 1.17 bits per heavy atom. The highest BCUT2D eigenvalue weighted by Gasteiger charge is 2.17. The van der Waals surface area contributed by atoms with Crippen LogP contribution in [0.5, 0.6) is 0 Å². The van der Waals surface area contributed by atoms with Crippen LogP contribution < -0.4 is 5.32 Å². The molecule has 1 fully saturated rings. The molecule has 3 heterocycles. The molecule has 0 aliphatic carbocycles. The van der Waals surface area contributed by atoms with Crippen LogP contribution in [0.25, 0.3) is 5.82 Å². The number of aryl methyl sites for hydroxylation is 1. The molecule has 7 heteroatoms. The first-order valence-electron chi connectivity index (χ1n) is 9.79. The van der Waals surface area contributed by atoms with E-state index in [2.05, 4.69) is 32.4 Å². The number of nitrogens with zero attached hydrogens (tertiary/aromatic N) is 4. The zero-order valence-corrected chi connectivity index (χ0v) is 17.6. The van der Waals surface area contributed by atoms with Crippen molar-refractivity contribution in [3.05, 3.63) is 71.2 Å². The molecule has 1 saturated heterocycles. The number of anilines is 1. The molecule has 1 aromatic carbocycles. The number of hydrogen-bond acceptors (Lipinski definition) is 5. The third kappa shape index (κ3) is 4.52. The quantitative estimate of drug-likeness (QED) is 0.699. The number of pyridine rings is 1. The lowest BCUT2D eigenvalue weighted by atomic mass is 10.1. The van der Waals surface area contributed by atoms with Gasteiger partial charge in [-0.05, 0) is 43.2 Å². The minimum absolute atomic E-state index is 0.159. The molecular weight excluding hydrogens is 382 g/mol. The van der Waals surface area contributed by atoms with Crippen LogP contribution in [0.2, 0.25) is 0 Å². The fourth-order valence-electron chi connectivity index (χ4n) is 3.51. The average molecular weight is 408 g/mol. The predicted molar refractivity (Wildman–Crippen MR) is 118 cm³/mol. The molecule has 0 saturated carbocycles. The van der Waals surface area contributed by atoms with E-state index >= 15 is 0 Å². The van der Waals surface area contributed by atoms with Gasteiger partial charge in [-0.15, -0.1) is 0 Å². The fourth-order valence-corrected chi connectivity index (χ4v) is 4.49. The van der Waals surface area contributed by atoms with Gasteiger partial charge in [-0.2, -0.15) is 16.9 Å². The molecule has 6 nitrogen and oxygen atoms in total. The number of rotatable bonds is 5. The summed E-state index contributed by atoms with van der Waals surface area (Å²) in [5.41, 5.74) is 4.49. The summed E-state index contributed by atoms with van der Waals surface area (Å²) >= 11 is 2.02. The average Bonchev–Trinajstić information content (AvgIpc) is 3.13. The summed E-state index contributed by atoms with van der Waals surface area (Å²) in [5, 5.41) is 7.37. The highest BCUT2D eigenvalue weighted by atomic mass is 32.2. The Bertz CT molecular complexity index is 996. The Kier molecular flexibility index (Phi) is 5.97. The molecule has 1 aliphatic heterocycles. The molecule has 1 N–H and O–H groups in total. The van der Waals surface area contributed by atoms with Crippen LogP contribution in [0.4, 0.5) is 5.69 Å². The van der Waals surface area contributed by atoms with Crippen LogP contribution in [0.3, 0.4) is 0 Å². The minimum atomic E-state index is -0.159. The van der Waals surface area contributed by atoms with Crippen molar-refractivity contribution in [3.63, 3.8) is 0 Å². The number of benzene rings is 1. The third-order valence-electron chi connectivity index (χ3n) is 5.17. The number of carbonyl (C=O) groups excluding carboxylic acids is 1. The van der Waals surface area contributed by atoms with Crippen molar-refractivity contribution in [2.24, 2.45) is 0 Å². The summed E-state index contributed by atoms with van der Waals surface area (Å²) in [5.74, 6) is 2.95. The van der Waals surface area contributed by atoms with E-state index in [1.54, 1.807) is 17.1 Å². The molecule has 1 amide bonds. The lowest BCUT2D eigenvalue weighted by molar-refractivity contribution is 0.102. The Hall–Kier alpha value is -2.64. The van der Waals surface area contributed by atoms with Gasteiger partial charge in [-0.3, -0.25) is 9.69 Å². The maximum Gasteiger partial charge on any atom is 0.259 e. The highest BCUT2D eigenvalue weighted by Crippen LogP contribution is 2.21. The summed E-state index contributed by atoms with van der Waals surface area (Å²) in [6, 6.07) is 11.9. The van der Waals surface area contributed by atoms with Gasteiger partial charge in [0.1, 0.15) is 0 Å². The topological polar surface area (TPSA) is 63.1 Å². The first kappa shape index (κ1) is 19.7. The van der Waals surface area contributed by atoms with Gasteiger partial charge in [-0.1, -0.05) is 18.2 Å². The summed E-state index contributed by atoms with van der Waals surface area (Å²) in [6.07, 6.45) is 3.31. The first-order valence-corrected chi connectivity index (χ1v) is 10.9. The maximum atomic E-state index is 12.8. The smallest absolute Gasteiger partial charge is 0.259 e. The van der Waals surface area contributed by atoms with Crippen molar-refractivity contribution in [2.75, 3.05) is 29.9 Å². The molecule has 0 unspecified atom stereocenters. The van der Waals surface area contributed by atoms with Gasteiger partial charge in [0.2, 0.25) is 0 Å². The van der Waals surface area contributed by atoms with Crippen LogP contribution >= 0.6 is 11.8 Å². The van der Waals surface area contributed by atoms with Gasteiger partial charge in [0.15, 0.2) is 5.82 Å². The second-order valence-electron chi connectivity index (χ2n) is 7.24. The van der Waals surface area contributed by atoms with Crippen molar-refractivity contribution < 1.29 is 4.79 Å². The van der Waals surface area contributed by atoms with E-state index in [0.29, 0.717) is 11.4 Å². The van der Waals surface area contributed by atoms with Gasteiger partial charge < -0.3 is 5.32 Å². The van der Waals surface area contributed by atoms with E-state index < -0.39 is 0 Å². The zero-order valence-electron chi connectivity index (χ0n) is 16.8. The predicted octanol–water partition coefficient (Wildman–Crippen LogP) is 3.69. The van der Waals surface area contributed by atoms with E-state index in [0.717, 1.165) is 36.6 Å².